The van der Waals surface area contributed by atoms with Crippen molar-refractivity contribution in [1.82, 2.24) is 5.32 Å². The minimum Gasteiger partial charge on any atom is -0.480 e. The first-order chi connectivity index (χ1) is 10.7. The van der Waals surface area contributed by atoms with Gasteiger partial charge in [0.15, 0.2) is 0 Å². The number of carbonyl (C=O) groups is 2. The van der Waals surface area contributed by atoms with Crippen molar-refractivity contribution in [2.45, 2.75) is 32.2 Å². The Morgan fingerprint density at radius 1 is 1.39 bits per heavy atom. The third-order valence-corrected chi connectivity index (χ3v) is 5.01. The van der Waals surface area contributed by atoms with Crippen LogP contribution in [0.25, 0.3) is 0 Å². The second kappa shape index (κ2) is 6.57. The average molecular weight is 340 g/mol. The SMILES string of the molecule is CCC(NC(=O)c1ccc2c(c1)CCCN2S(C)(=O)=O)C(=O)O. The first-order valence-electron chi connectivity index (χ1n) is 7.38. The topological polar surface area (TPSA) is 104 Å². The van der Waals surface area contributed by atoms with Crippen molar-refractivity contribution in [2.75, 3.05) is 17.1 Å². The fraction of sp³-hybridized carbons (Fsp3) is 0.467. The van der Waals surface area contributed by atoms with Crippen molar-refractivity contribution < 1.29 is 23.1 Å². The molecule has 1 aromatic carbocycles. The molecule has 1 heterocycles. The molecule has 0 fully saturated rings. The van der Waals surface area contributed by atoms with Crippen LogP contribution in [-0.4, -0.2) is 44.2 Å². The number of aryl methyl sites for hydroxylation is 1. The highest BCUT2D eigenvalue weighted by Crippen LogP contribution is 2.29. The summed E-state index contributed by atoms with van der Waals surface area (Å²) in [6, 6.07) is 3.82. The van der Waals surface area contributed by atoms with E-state index in [0.717, 1.165) is 11.8 Å². The van der Waals surface area contributed by atoms with Crippen LogP contribution < -0.4 is 9.62 Å². The fourth-order valence-electron chi connectivity index (χ4n) is 2.63. The number of amides is 1. The maximum absolute atomic E-state index is 12.2. The van der Waals surface area contributed by atoms with E-state index in [2.05, 4.69) is 5.32 Å². The molecule has 8 heteroatoms. The lowest BCUT2D eigenvalue weighted by molar-refractivity contribution is -0.139. The number of rotatable bonds is 5. The van der Waals surface area contributed by atoms with E-state index in [1.165, 1.54) is 10.4 Å². The third-order valence-electron chi connectivity index (χ3n) is 3.83. The molecule has 126 valence electrons. The van der Waals surface area contributed by atoms with Crippen LogP contribution >= 0.6 is 0 Å². The Morgan fingerprint density at radius 3 is 2.65 bits per heavy atom. The van der Waals surface area contributed by atoms with Gasteiger partial charge in [0.2, 0.25) is 10.0 Å². The van der Waals surface area contributed by atoms with Crippen LogP contribution in [0.3, 0.4) is 0 Å². The van der Waals surface area contributed by atoms with Gasteiger partial charge in [-0.1, -0.05) is 6.92 Å². The van der Waals surface area contributed by atoms with Crippen LogP contribution in [0.15, 0.2) is 18.2 Å². The molecular weight excluding hydrogens is 320 g/mol. The number of nitrogens with zero attached hydrogens (tertiary/aromatic N) is 1. The largest absolute Gasteiger partial charge is 0.480 e. The van der Waals surface area contributed by atoms with Gasteiger partial charge in [-0.3, -0.25) is 9.10 Å². The van der Waals surface area contributed by atoms with E-state index in [9.17, 15) is 18.0 Å². The zero-order chi connectivity index (χ0) is 17.2. The summed E-state index contributed by atoms with van der Waals surface area (Å²) in [5.41, 5.74) is 1.69. The number of hydrogen-bond donors (Lipinski definition) is 2. The zero-order valence-electron chi connectivity index (χ0n) is 13.1. The van der Waals surface area contributed by atoms with E-state index < -0.39 is 27.9 Å². The summed E-state index contributed by atoms with van der Waals surface area (Å²) in [6.45, 7) is 2.10. The van der Waals surface area contributed by atoms with Crippen LogP contribution in [0, 0.1) is 0 Å². The minimum absolute atomic E-state index is 0.286. The van der Waals surface area contributed by atoms with Crippen molar-refractivity contribution in [3.63, 3.8) is 0 Å². The number of anilines is 1. The summed E-state index contributed by atoms with van der Waals surface area (Å²) in [4.78, 5) is 23.2. The van der Waals surface area contributed by atoms with Crippen LogP contribution in [0.5, 0.6) is 0 Å². The van der Waals surface area contributed by atoms with Crippen LogP contribution in [0.1, 0.15) is 35.7 Å². The molecule has 1 unspecified atom stereocenters. The lowest BCUT2D eigenvalue weighted by Gasteiger charge is -2.29. The van der Waals surface area contributed by atoms with Crippen molar-refractivity contribution in [3.05, 3.63) is 29.3 Å². The fourth-order valence-corrected chi connectivity index (χ4v) is 3.62. The number of carboxylic acids is 1. The van der Waals surface area contributed by atoms with Gasteiger partial charge >= 0.3 is 5.97 Å². The van der Waals surface area contributed by atoms with Gasteiger partial charge < -0.3 is 10.4 Å². The Bertz CT molecular complexity index is 729. The number of benzene rings is 1. The van der Waals surface area contributed by atoms with E-state index >= 15 is 0 Å². The molecule has 1 aliphatic rings. The molecule has 2 rings (SSSR count). The number of carboxylic acid groups (broad SMARTS) is 1. The van der Waals surface area contributed by atoms with Crippen molar-refractivity contribution in [1.29, 1.82) is 0 Å². The quantitative estimate of drug-likeness (QED) is 0.832. The number of aliphatic carboxylic acids is 1. The highest BCUT2D eigenvalue weighted by atomic mass is 32.2. The number of carbonyl (C=O) groups excluding carboxylic acids is 1. The van der Waals surface area contributed by atoms with Crippen LogP contribution in [0.4, 0.5) is 5.69 Å². The summed E-state index contributed by atoms with van der Waals surface area (Å²) in [7, 11) is -3.35. The zero-order valence-corrected chi connectivity index (χ0v) is 13.9. The molecule has 0 saturated heterocycles. The molecule has 23 heavy (non-hydrogen) atoms. The van der Waals surface area contributed by atoms with E-state index in [0.29, 0.717) is 30.6 Å². The highest BCUT2D eigenvalue weighted by molar-refractivity contribution is 7.92. The summed E-state index contributed by atoms with van der Waals surface area (Å²) < 4.78 is 24.9. The first kappa shape index (κ1) is 17.3. The summed E-state index contributed by atoms with van der Waals surface area (Å²) in [6.07, 6.45) is 2.80. The van der Waals surface area contributed by atoms with Crippen molar-refractivity contribution in [3.8, 4) is 0 Å². The van der Waals surface area contributed by atoms with Gasteiger partial charge in [0.1, 0.15) is 6.04 Å². The summed E-state index contributed by atoms with van der Waals surface area (Å²) >= 11 is 0. The Hall–Kier alpha value is -2.09. The van der Waals surface area contributed by atoms with E-state index in [4.69, 9.17) is 5.11 Å². The van der Waals surface area contributed by atoms with Gasteiger partial charge in [-0.25, -0.2) is 13.2 Å². The molecular formula is C15H20N2O5S. The molecule has 0 aromatic heterocycles. The average Bonchev–Trinajstić information content (AvgIpc) is 2.49. The van der Waals surface area contributed by atoms with E-state index in [1.807, 2.05) is 0 Å². The first-order valence-corrected chi connectivity index (χ1v) is 9.23. The van der Waals surface area contributed by atoms with Crippen LogP contribution in [0.2, 0.25) is 0 Å². The molecule has 0 radical (unpaired) electrons. The molecule has 2 N–H and O–H groups in total. The molecule has 0 bridgehead atoms. The second-order valence-corrected chi connectivity index (χ2v) is 7.46. The molecule has 1 amide bonds. The Labute approximate surface area is 135 Å². The number of hydrogen-bond acceptors (Lipinski definition) is 4. The predicted molar refractivity (Wildman–Crippen MR) is 86.1 cm³/mol. The van der Waals surface area contributed by atoms with Gasteiger partial charge in [-0.15, -0.1) is 0 Å². The maximum atomic E-state index is 12.2. The predicted octanol–water partition coefficient (Wildman–Crippen LogP) is 0.992. The van der Waals surface area contributed by atoms with Gasteiger partial charge in [0.05, 0.1) is 11.9 Å². The number of sulfonamides is 1. The summed E-state index contributed by atoms with van der Waals surface area (Å²) in [5, 5.41) is 11.5. The molecule has 0 spiro atoms. The van der Waals surface area contributed by atoms with E-state index in [-0.39, 0.29) is 6.42 Å². The highest BCUT2D eigenvalue weighted by Gasteiger charge is 2.25. The van der Waals surface area contributed by atoms with E-state index in [1.54, 1.807) is 19.1 Å². The Morgan fingerprint density at radius 2 is 2.09 bits per heavy atom. The third kappa shape index (κ3) is 3.82. The number of nitrogens with one attached hydrogen (secondary N) is 1. The monoisotopic (exact) mass is 340 g/mol. The minimum atomic E-state index is -3.35. The Balaban J connectivity index is 2.27. The standard InChI is InChI=1S/C15H20N2O5S/c1-3-12(15(19)20)16-14(18)11-6-7-13-10(9-11)5-4-8-17(13)23(2,21)22/h6-7,9,12H,3-5,8H2,1-2H3,(H,16,18)(H,19,20). The normalized spacial score (nSPS) is 15.7. The lowest BCUT2D eigenvalue weighted by Crippen LogP contribution is -2.40. The van der Waals surface area contributed by atoms with Gasteiger partial charge in [-0.05, 0) is 43.0 Å². The van der Waals surface area contributed by atoms with Gasteiger partial charge in [-0.2, -0.15) is 0 Å². The number of fused-ring (bicyclic) bond motifs is 1. The molecule has 1 atom stereocenters. The van der Waals surface area contributed by atoms with Gasteiger partial charge in [0, 0.05) is 12.1 Å². The molecule has 7 nitrogen and oxygen atoms in total. The Kier molecular flexibility index (Phi) is 4.93. The van der Waals surface area contributed by atoms with Crippen molar-refractivity contribution >= 4 is 27.6 Å². The van der Waals surface area contributed by atoms with Crippen LogP contribution in [-0.2, 0) is 21.2 Å². The molecule has 0 aliphatic carbocycles. The lowest BCUT2D eigenvalue weighted by atomic mass is 10.0. The maximum Gasteiger partial charge on any atom is 0.326 e. The molecule has 1 aliphatic heterocycles. The summed E-state index contributed by atoms with van der Waals surface area (Å²) in [5.74, 6) is -1.56. The molecule has 0 saturated carbocycles. The molecule has 1 aromatic rings. The second-order valence-electron chi connectivity index (χ2n) is 5.55. The van der Waals surface area contributed by atoms with Gasteiger partial charge in [0.25, 0.3) is 5.91 Å². The smallest absolute Gasteiger partial charge is 0.326 e. The van der Waals surface area contributed by atoms with Crippen molar-refractivity contribution in [2.24, 2.45) is 0 Å².